The van der Waals surface area contributed by atoms with Crippen molar-refractivity contribution in [2.24, 2.45) is 0 Å². The predicted octanol–water partition coefficient (Wildman–Crippen LogP) is 3.76. The Labute approximate surface area is 129 Å². The molecule has 0 radical (unpaired) electrons. The summed E-state index contributed by atoms with van der Waals surface area (Å²) in [6.45, 7) is 0. The lowest BCUT2D eigenvalue weighted by Gasteiger charge is -2.11. The summed E-state index contributed by atoms with van der Waals surface area (Å²) in [6, 6.07) is 10.2. The lowest BCUT2D eigenvalue weighted by molar-refractivity contribution is -0.139. The average molecular weight is 323 g/mol. The number of hydrogen-bond donors (Lipinski definition) is 2. The fourth-order valence-corrected chi connectivity index (χ4v) is 2.87. The van der Waals surface area contributed by atoms with Gasteiger partial charge in [-0.1, -0.05) is 29.8 Å². The summed E-state index contributed by atoms with van der Waals surface area (Å²) in [5.74, 6) is -2.42. The summed E-state index contributed by atoms with van der Waals surface area (Å²) in [4.78, 5) is 23.1. The minimum Gasteiger partial charge on any atom is -0.481 e. The number of carboxylic acid groups (broad SMARTS) is 2. The first kappa shape index (κ1) is 15.3. The van der Waals surface area contributed by atoms with Gasteiger partial charge < -0.3 is 10.2 Å². The normalized spacial score (nSPS) is 11.9. The van der Waals surface area contributed by atoms with Crippen LogP contribution in [0.25, 0.3) is 5.57 Å². The van der Waals surface area contributed by atoms with Crippen molar-refractivity contribution in [2.75, 3.05) is 0 Å². The Bertz CT molecular complexity index is 687. The first-order valence-electron chi connectivity index (χ1n) is 5.97. The lowest BCUT2D eigenvalue weighted by Crippen LogP contribution is -2.10. The molecule has 0 amide bonds. The van der Waals surface area contributed by atoms with E-state index in [1.807, 2.05) is 5.38 Å². The number of carbonyl (C=O) groups is 2. The van der Waals surface area contributed by atoms with Gasteiger partial charge in [0.15, 0.2) is 0 Å². The van der Waals surface area contributed by atoms with Crippen molar-refractivity contribution in [1.82, 2.24) is 0 Å². The van der Waals surface area contributed by atoms with E-state index in [2.05, 4.69) is 0 Å². The van der Waals surface area contributed by atoms with Gasteiger partial charge >= 0.3 is 11.9 Å². The third-order valence-corrected chi connectivity index (χ3v) is 3.93. The molecule has 2 rings (SSSR count). The molecule has 21 heavy (non-hydrogen) atoms. The van der Waals surface area contributed by atoms with Crippen LogP contribution >= 0.6 is 22.9 Å². The van der Waals surface area contributed by atoms with Gasteiger partial charge in [0.2, 0.25) is 0 Å². The number of hydrogen-bond acceptors (Lipinski definition) is 3. The zero-order valence-corrected chi connectivity index (χ0v) is 12.3. The highest BCUT2D eigenvalue weighted by atomic mass is 35.5. The molecule has 0 spiro atoms. The van der Waals surface area contributed by atoms with E-state index in [4.69, 9.17) is 16.7 Å². The van der Waals surface area contributed by atoms with Crippen LogP contribution in [0, 0.1) is 0 Å². The molecule has 1 aromatic heterocycles. The second-order valence-electron chi connectivity index (χ2n) is 4.21. The van der Waals surface area contributed by atoms with Crippen LogP contribution in [0.2, 0.25) is 5.02 Å². The molecule has 0 unspecified atom stereocenters. The van der Waals surface area contributed by atoms with Gasteiger partial charge in [-0.05, 0) is 29.1 Å². The van der Waals surface area contributed by atoms with Gasteiger partial charge in [-0.15, -0.1) is 11.3 Å². The SMILES string of the molecule is O=C(O)C/C(C(=O)O)=C(/c1ccc(Cl)cc1)c1cccs1. The highest BCUT2D eigenvalue weighted by Crippen LogP contribution is 2.32. The van der Waals surface area contributed by atoms with E-state index in [9.17, 15) is 14.7 Å². The molecule has 0 saturated heterocycles. The highest BCUT2D eigenvalue weighted by Gasteiger charge is 2.21. The molecule has 0 aliphatic rings. The fourth-order valence-electron chi connectivity index (χ4n) is 1.92. The summed E-state index contributed by atoms with van der Waals surface area (Å²) in [7, 11) is 0. The van der Waals surface area contributed by atoms with Crippen LogP contribution < -0.4 is 0 Å². The summed E-state index contributed by atoms with van der Waals surface area (Å²) in [6.07, 6.45) is -0.550. The molecule has 2 N–H and O–H groups in total. The minimum absolute atomic E-state index is 0.146. The van der Waals surface area contributed by atoms with Gasteiger partial charge in [-0.2, -0.15) is 0 Å². The van der Waals surface area contributed by atoms with Gasteiger partial charge in [0.05, 0.1) is 12.0 Å². The van der Waals surface area contributed by atoms with Crippen molar-refractivity contribution in [3.8, 4) is 0 Å². The van der Waals surface area contributed by atoms with Crippen molar-refractivity contribution in [3.63, 3.8) is 0 Å². The topological polar surface area (TPSA) is 74.6 Å². The third kappa shape index (κ3) is 3.71. The molecular weight excluding hydrogens is 312 g/mol. The Kier molecular flexibility index (Phi) is 4.77. The zero-order valence-electron chi connectivity index (χ0n) is 10.7. The first-order chi connectivity index (χ1) is 9.99. The molecule has 1 aromatic carbocycles. The Balaban J connectivity index is 2.67. The zero-order chi connectivity index (χ0) is 15.4. The average Bonchev–Trinajstić information content (AvgIpc) is 2.93. The lowest BCUT2D eigenvalue weighted by atomic mass is 9.96. The van der Waals surface area contributed by atoms with Crippen molar-refractivity contribution in [2.45, 2.75) is 6.42 Å². The number of aliphatic carboxylic acids is 2. The Morgan fingerprint density at radius 3 is 2.24 bits per heavy atom. The van der Waals surface area contributed by atoms with E-state index in [1.54, 1.807) is 36.4 Å². The molecule has 0 bridgehead atoms. The summed E-state index contributed by atoms with van der Waals surface area (Å²) < 4.78 is 0. The van der Waals surface area contributed by atoms with E-state index in [0.29, 0.717) is 21.0 Å². The monoisotopic (exact) mass is 322 g/mol. The van der Waals surface area contributed by atoms with Crippen LogP contribution in [0.3, 0.4) is 0 Å². The van der Waals surface area contributed by atoms with Gasteiger partial charge in [0.25, 0.3) is 0 Å². The van der Waals surface area contributed by atoms with Gasteiger partial charge in [0, 0.05) is 15.5 Å². The molecular formula is C15H11ClO4S. The standard InChI is InChI=1S/C15H11ClO4S/c16-10-5-3-9(4-6-10)14(12-2-1-7-21-12)11(15(19)20)8-13(17)18/h1-7H,8H2,(H,17,18)(H,19,20)/b14-11+. The van der Waals surface area contributed by atoms with E-state index >= 15 is 0 Å². The number of rotatable bonds is 5. The van der Waals surface area contributed by atoms with Crippen LogP contribution in [0.1, 0.15) is 16.9 Å². The largest absolute Gasteiger partial charge is 0.481 e. The molecule has 108 valence electrons. The summed E-state index contributed by atoms with van der Waals surface area (Å²) in [5, 5.41) is 20.7. The van der Waals surface area contributed by atoms with E-state index in [0.717, 1.165) is 0 Å². The molecule has 0 fully saturated rings. The molecule has 1 heterocycles. The highest BCUT2D eigenvalue weighted by molar-refractivity contribution is 7.11. The smallest absolute Gasteiger partial charge is 0.332 e. The first-order valence-corrected chi connectivity index (χ1v) is 7.23. The maximum atomic E-state index is 11.5. The van der Waals surface area contributed by atoms with E-state index in [-0.39, 0.29) is 5.57 Å². The number of carboxylic acids is 2. The predicted molar refractivity (Wildman–Crippen MR) is 81.7 cm³/mol. The van der Waals surface area contributed by atoms with Gasteiger partial charge in [-0.3, -0.25) is 4.79 Å². The molecule has 2 aromatic rings. The number of benzene rings is 1. The quantitative estimate of drug-likeness (QED) is 0.822. The fraction of sp³-hybridized carbons (Fsp3) is 0.0667. The Morgan fingerprint density at radius 1 is 1.10 bits per heavy atom. The van der Waals surface area contributed by atoms with Gasteiger partial charge in [0.1, 0.15) is 0 Å². The molecule has 4 nitrogen and oxygen atoms in total. The van der Waals surface area contributed by atoms with Crippen LogP contribution in [-0.4, -0.2) is 22.2 Å². The van der Waals surface area contributed by atoms with Crippen molar-refractivity contribution >= 4 is 40.4 Å². The van der Waals surface area contributed by atoms with Crippen molar-refractivity contribution in [1.29, 1.82) is 0 Å². The third-order valence-electron chi connectivity index (χ3n) is 2.79. The molecule has 0 aliphatic carbocycles. The van der Waals surface area contributed by atoms with Crippen LogP contribution in [-0.2, 0) is 9.59 Å². The van der Waals surface area contributed by atoms with Crippen LogP contribution in [0.5, 0.6) is 0 Å². The van der Waals surface area contributed by atoms with Crippen LogP contribution in [0.4, 0.5) is 0 Å². The maximum absolute atomic E-state index is 11.5. The second kappa shape index (κ2) is 6.56. The van der Waals surface area contributed by atoms with Gasteiger partial charge in [-0.25, -0.2) is 4.79 Å². The summed E-state index contributed by atoms with van der Waals surface area (Å²) in [5.41, 5.74) is 0.893. The maximum Gasteiger partial charge on any atom is 0.332 e. The molecule has 0 atom stereocenters. The Hall–Kier alpha value is -2.11. The summed E-state index contributed by atoms with van der Waals surface area (Å²) >= 11 is 7.20. The van der Waals surface area contributed by atoms with E-state index < -0.39 is 18.4 Å². The van der Waals surface area contributed by atoms with Crippen LogP contribution in [0.15, 0.2) is 47.4 Å². The molecule has 0 saturated carbocycles. The van der Waals surface area contributed by atoms with Crippen molar-refractivity contribution in [3.05, 3.63) is 62.8 Å². The Morgan fingerprint density at radius 2 is 1.76 bits per heavy atom. The number of halogens is 1. The number of thiophene rings is 1. The van der Waals surface area contributed by atoms with Crippen molar-refractivity contribution < 1.29 is 19.8 Å². The minimum atomic E-state index is -1.24. The molecule has 6 heteroatoms. The van der Waals surface area contributed by atoms with E-state index in [1.165, 1.54) is 11.3 Å². The molecule has 0 aliphatic heterocycles. The second-order valence-corrected chi connectivity index (χ2v) is 5.60.